The van der Waals surface area contributed by atoms with E-state index < -0.39 is 0 Å². The second-order valence-electron chi connectivity index (χ2n) is 5.82. The lowest BCUT2D eigenvalue weighted by Crippen LogP contribution is -2.88. The van der Waals surface area contributed by atoms with Crippen LogP contribution in [0.2, 0.25) is 0 Å². The van der Waals surface area contributed by atoms with Crippen LogP contribution in [0.4, 0.5) is 0 Å². The largest absolute Gasteiger partial charge is 0.487 e. The lowest BCUT2D eigenvalue weighted by Gasteiger charge is -2.23. The molecule has 0 aliphatic heterocycles. The smallest absolute Gasteiger partial charge is 0.137 e. The van der Waals surface area contributed by atoms with E-state index in [0.29, 0.717) is 0 Å². The molecule has 0 aromatic heterocycles. The molecule has 0 bridgehead atoms. The van der Waals surface area contributed by atoms with Crippen LogP contribution in [-0.2, 0) is 5.41 Å². The first kappa shape index (κ1) is 15.0. The van der Waals surface area contributed by atoms with Crippen molar-refractivity contribution in [2.45, 2.75) is 33.1 Å². The zero-order valence-corrected chi connectivity index (χ0v) is 12.3. The summed E-state index contributed by atoms with van der Waals surface area (Å²) in [7, 11) is 0. The Labute approximate surface area is 111 Å². The molecule has 18 heavy (non-hydrogen) atoms. The predicted molar refractivity (Wildman–Crippen MR) is 74.8 cm³/mol. The summed E-state index contributed by atoms with van der Waals surface area (Å²) in [4.78, 5) is 0. The molecule has 1 aromatic rings. The molecule has 0 unspecified atom stereocenters. The number of ether oxygens (including phenoxy) is 1. The van der Waals surface area contributed by atoms with Crippen molar-refractivity contribution in [1.82, 2.24) is 0 Å². The minimum absolute atomic E-state index is 0.125. The number of quaternary nitrogens is 2. The first-order valence-electron chi connectivity index (χ1n) is 6.80. The molecule has 1 aromatic carbocycles. The Morgan fingerprint density at radius 1 is 1.22 bits per heavy atom. The predicted octanol–water partition coefficient (Wildman–Crippen LogP) is 0.477. The van der Waals surface area contributed by atoms with E-state index in [1.54, 1.807) is 0 Å². The molecule has 5 N–H and O–H groups in total. The lowest BCUT2D eigenvalue weighted by molar-refractivity contribution is -0.670. The molecule has 0 saturated carbocycles. The van der Waals surface area contributed by atoms with Gasteiger partial charge >= 0.3 is 0 Å². The fraction of sp³-hybridized carbons (Fsp3) is 0.600. The molecule has 0 saturated heterocycles. The van der Waals surface area contributed by atoms with E-state index in [0.717, 1.165) is 32.0 Å². The Balaban J connectivity index is 2.65. The van der Waals surface area contributed by atoms with Crippen molar-refractivity contribution in [3.8, 4) is 5.75 Å². The van der Waals surface area contributed by atoms with Crippen LogP contribution in [0.25, 0.3) is 0 Å². The van der Waals surface area contributed by atoms with Crippen LogP contribution in [0.3, 0.4) is 0 Å². The van der Waals surface area contributed by atoms with Crippen LogP contribution in [0.5, 0.6) is 5.75 Å². The highest BCUT2D eigenvalue weighted by molar-refractivity contribution is 5.41. The molecular weight excluding hydrogens is 224 g/mol. The lowest BCUT2D eigenvalue weighted by atomic mass is 9.86. The maximum atomic E-state index is 5.94. The van der Waals surface area contributed by atoms with Crippen molar-refractivity contribution in [3.05, 3.63) is 29.3 Å². The number of hydrogen-bond donors (Lipinski definition) is 2. The molecule has 3 heteroatoms. The van der Waals surface area contributed by atoms with Gasteiger partial charge in [-0.25, -0.2) is 0 Å². The van der Waals surface area contributed by atoms with E-state index in [4.69, 9.17) is 4.74 Å². The van der Waals surface area contributed by atoms with Crippen LogP contribution >= 0.6 is 0 Å². The van der Waals surface area contributed by atoms with Gasteiger partial charge in [-0.2, -0.15) is 0 Å². The number of rotatable bonds is 6. The van der Waals surface area contributed by atoms with Gasteiger partial charge in [0.05, 0.1) is 0 Å². The monoisotopic (exact) mass is 252 g/mol. The molecule has 0 atom stereocenters. The number of aryl methyl sites for hydroxylation is 1. The fourth-order valence-corrected chi connectivity index (χ4v) is 1.91. The van der Waals surface area contributed by atoms with Crippen LogP contribution in [-0.4, -0.2) is 26.2 Å². The quantitative estimate of drug-likeness (QED) is 0.711. The molecular formula is C15H28N2O+2. The second-order valence-corrected chi connectivity index (χ2v) is 5.82. The van der Waals surface area contributed by atoms with Crippen molar-refractivity contribution in [2.75, 3.05) is 26.2 Å². The normalized spacial score (nSPS) is 11.6. The van der Waals surface area contributed by atoms with Crippen LogP contribution in [0.15, 0.2) is 18.2 Å². The molecule has 0 aliphatic carbocycles. The summed E-state index contributed by atoms with van der Waals surface area (Å²) in [6.45, 7) is 12.6. The standard InChI is InChI=1S/C15H26N2O/c1-12-5-6-13(15(2,3)4)14(11-12)18-10-9-17-8-7-16/h5-6,11,17H,7-10,16H2,1-4H3/p+2. The van der Waals surface area contributed by atoms with E-state index in [9.17, 15) is 0 Å². The van der Waals surface area contributed by atoms with Crippen LogP contribution in [0, 0.1) is 6.92 Å². The summed E-state index contributed by atoms with van der Waals surface area (Å²) in [5, 5.41) is 2.25. The van der Waals surface area contributed by atoms with E-state index in [2.05, 4.69) is 56.9 Å². The molecule has 102 valence electrons. The van der Waals surface area contributed by atoms with Gasteiger partial charge in [0.2, 0.25) is 0 Å². The fourth-order valence-electron chi connectivity index (χ4n) is 1.91. The van der Waals surface area contributed by atoms with Gasteiger partial charge in [0.1, 0.15) is 32.0 Å². The highest BCUT2D eigenvalue weighted by Gasteiger charge is 2.18. The summed E-state index contributed by atoms with van der Waals surface area (Å²) in [5.74, 6) is 1.03. The molecule has 0 spiro atoms. The summed E-state index contributed by atoms with van der Waals surface area (Å²) in [5.41, 5.74) is 6.48. The van der Waals surface area contributed by atoms with Crippen LogP contribution < -0.4 is 15.8 Å². The molecule has 0 amide bonds. The SMILES string of the molecule is Cc1ccc(C(C)(C)C)c(OCC[NH2+]CC[NH3+])c1. The van der Waals surface area contributed by atoms with E-state index in [1.165, 1.54) is 11.1 Å². The van der Waals surface area contributed by atoms with Crippen molar-refractivity contribution in [2.24, 2.45) is 0 Å². The maximum Gasteiger partial charge on any atom is 0.137 e. The molecule has 1 rings (SSSR count). The van der Waals surface area contributed by atoms with Gasteiger partial charge in [-0.1, -0.05) is 32.9 Å². The summed E-state index contributed by atoms with van der Waals surface area (Å²) >= 11 is 0. The first-order valence-corrected chi connectivity index (χ1v) is 6.80. The van der Waals surface area contributed by atoms with Gasteiger partial charge in [0, 0.05) is 0 Å². The van der Waals surface area contributed by atoms with E-state index in [1.807, 2.05) is 0 Å². The Morgan fingerprint density at radius 3 is 2.56 bits per heavy atom. The van der Waals surface area contributed by atoms with E-state index in [-0.39, 0.29) is 5.41 Å². The average molecular weight is 252 g/mol. The summed E-state index contributed by atoms with van der Waals surface area (Å²) in [6.07, 6.45) is 0. The van der Waals surface area contributed by atoms with Gasteiger partial charge < -0.3 is 15.8 Å². The number of nitrogens with two attached hydrogens (primary N) is 1. The number of hydrogen-bond acceptors (Lipinski definition) is 1. The third-order valence-electron chi connectivity index (χ3n) is 2.93. The second kappa shape index (κ2) is 6.76. The minimum Gasteiger partial charge on any atom is -0.487 e. The molecule has 0 fully saturated rings. The highest BCUT2D eigenvalue weighted by atomic mass is 16.5. The van der Waals surface area contributed by atoms with Gasteiger partial charge in [-0.05, 0) is 29.5 Å². The minimum atomic E-state index is 0.125. The first-order chi connectivity index (χ1) is 8.45. The topological polar surface area (TPSA) is 53.5 Å². The Bertz CT molecular complexity index is 369. The Kier molecular flexibility index (Phi) is 5.63. The molecule has 0 aliphatic rings. The van der Waals surface area contributed by atoms with Crippen molar-refractivity contribution in [1.29, 1.82) is 0 Å². The molecule has 0 radical (unpaired) electrons. The maximum absolute atomic E-state index is 5.94. The van der Waals surface area contributed by atoms with Crippen molar-refractivity contribution < 1.29 is 15.8 Å². The molecule has 0 heterocycles. The highest BCUT2D eigenvalue weighted by Crippen LogP contribution is 2.31. The van der Waals surface area contributed by atoms with Crippen molar-refractivity contribution in [3.63, 3.8) is 0 Å². The summed E-state index contributed by atoms with van der Waals surface area (Å²) < 4.78 is 5.94. The van der Waals surface area contributed by atoms with Crippen molar-refractivity contribution >= 4 is 0 Å². The van der Waals surface area contributed by atoms with Gasteiger partial charge in [0.15, 0.2) is 0 Å². The third-order valence-corrected chi connectivity index (χ3v) is 2.93. The Morgan fingerprint density at radius 2 is 1.94 bits per heavy atom. The van der Waals surface area contributed by atoms with Gasteiger partial charge in [-0.15, -0.1) is 0 Å². The molecule has 3 nitrogen and oxygen atoms in total. The zero-order valence-electron chi connectivity index (χ0n) is 12.3. The number of benzene rings is 1. The van der Waals surface area contributed by atoms with Gasteiger partial charge in [0.25, 0.3) is 0 Å². The van der Waals surface area contributed by atoms with Crippen LogP contribution in [0.1, 0.15) is 31.9 Å². The summed E-state index contributed by atoms with van der Waals surface area (Å²) in [6, 6.07) is 6.48. The zero-order chi connectivity index (χ0) is 13.6. The van der Waals surface area contributed by atoms with Gasteiger partial charge in [-0.3, -0.25) is 0 Å². The average Bonchev–Trinajstić information content (AvgIpc) is 2.27. The Hall–Kier alpha value is -1.06. The van der Waals surface area contributed by atoms with E-state index >= 15 is 0 Å². The third kappa shape index (κ3) is 4.67.